The third-order valence-electron chi connectivity index (χ3n) is 5.28. The topological polar surface area (TPSA) is 51.2 Å². The molecule has 122 valence electrons. The number of ketones is 2. The van der Waals surface area contributed by atoms with Gasteiger partial charge in [-0.05, 0) is 23.6 Å². The maximum atomic E-state index is 13.2. The van der Waals surface area contributed by atoms with Crippen LogP contribution in [0.1, 0.15) is 26.3 Å². The van der Waals surface area contributed by atoms with Crippen molar-refractivity contribution in [1.82, 2.24) is 0 Å². The van der Waals surface area contributed by atoms with Crippen molar-refractivity contribution in [3.05, 3.63) is 88.5 Å². The standard InChI is InChI=1S/C21H14O3S/c22-19-13-6-2-1-5-12(13)11-17-14(19)9-10-16-20(23)15-7-3-4-8-18(15)25(24)21(16)17/h1-10,16,21H,11H2. The summed E-state index contributed by atoms with van der Waals surface area (Å²) in [4.78, 5) is 26.4. The van der Waals surface area contributed by atoms with Gasteiger partial charge in [0.05, 0.1) is 26.9 Å². The van der Waals surface area contributed by atoms with E-state index in [1.165, 1.54) is 0 Å². The number of Topliss-reactive ketones (excluding diaryl/α,β-unsaturated/α-hetero) is 2. The van der Waals surface area contributed by atoms with E-state index < -0.39 is 22.0 Å². The fraction of sp³-hybridized carbons (Fsp3) is 0.143. The van der Waals surface area contributed by atoms with E-state index in [0.29, 0.717) is 28.0 Å². The highest BCUT2D eigenvalue weighted by Gasteiger charge is 2.45. The molecule has 2 aliphatic carbocycles. The van der Waals surface area contributed by atoms with Crippen LogP contribution in [0.5, 0.6) is 0 Å². The Morgan fingerprint density at radius 1 is 0.920 bits per heavy atom. The summed E-state index contributed by atoms with van der Waals surface area (Å²) >= 11 is 0. The van der Waals surface area contributed by atoms with Crippen molar-refractivity contribution in [2.45, 2.75) is 16.6 Å². The molecular weight excluding hydrogens is 332 g/mol. The lowest BCUT2D eigenvalue weighted by Crippen LogP contribution is -2.41. The van der Waals surface area contributed by atoms with Crippen LogP contribution in [0.2, 0.25) is 0 Å². The largest absolute Gasteiger partial charge is 0.293 e. The first-order chi connectivity index (χ1) is 12.2. The van der Waals surface area contributed by atoms with Gasteiger partial charge in [0.1, 0.15) is 0 Å². The fourth-order valence-corrected chi connectivity index (χ4v) is 5.91. The molecule has 25 heavy (non-hydrogen) atoms. The molecule has 0 saturated carbocycles. The second kappa shape index (κ2) is 5.20. The molecule has 0 fully saturated rings. The zero-order valence-electron chi connectivity index (χ0n) is 13.3. The molecule has 3 aliphatic rings. The summed E-state index contributed by atoms with van der Waals surface area (Å²) in [5.41, 5.74) is 3.65. The third kappa shape index (κ3) is 1.94. The minimum absolute atomic E-state index is 0.00527. The summed E-state index contributed by atoms with van der Waals surface area (Å²) in [5.74, 6) is -0.489. The van der Waals surface area contributed by atoms with Gasteiger partial charge in [0.15, 0.2) is 11.6 Å². The van der Waals surface area contributed by atoms with Crippen LogP contribution in [0.25, 0.3) is 0 Å². The lowest BCUT2D eigenvalue weighted by Gasteiger charge is -2.36. The van der Waals surface area contributed by atoms with Crippen LogP contribution in [0.4, 0.5) is 0 Å². The molecular formula is C21H14O3S. The molecule has 0 N–H and O–H groups in total. The van der Waals surface area contributed by atoms with Gasteiger partial charge in [-0.1, -0.05) is 54.6 Å². The first kappa shape index (κ1) is 14.7. The summed E-state index contributed by atoms with van der Waals surface area (Å²) in [6, 6.07) is 14.6. The van der Waals surface area contributed by atoms with Crippen LogP contribution in [0.15, 0.2) is 76.7 Å². The van der Waals surface area contributed by atoms with Crippen molar-refractivity contribution in [2.24, 2.45) is 5.92 Å². The molecule has 2 aromatic rings. The van der Waals surface area contributed by atoms with Crippen LogP contribution in [-0.2, 0) is 17.2 Å². The van der Waals surface area contributed by atoms with Gasteiger partial charge in [-0.3, -0.25) is 13.8 Å². The minimum Gasteiger partial charge on any atom is -0.293 e. The van der Waals surface area contributed by atoms with Crippen LogP contribution in [-0.4, -0.2) is 21.0 Å². The van der Waals surface area contributed by atoms with Gasteiger partial charge in [-0.2, -0.15) is 0 Å². The van der Waals surface area contributed by atoms with Gasteiger partial charge in [-0.25, -0.2) is 0 Å². The highest BCUT2D eigenvalue weighted by atomic mass is 32.2. The number of carbonyl (C=O) groups excluding carboxylic acids is 2. The number of hydrogen-bond donors (Lipinski definition) is 0. The number of rotatable bonds is 0. The zero-order chi connectivity index (χ0) is 17.1. The summed E-state index contributed by atoms with van der Waals surface area (Å²) < 4.78 is 13.2. The lowest BCUT2D eigenvalue weighted by atomic mass is 9.76. The third-order valence-corrected chi connectivity index (χ3v) is 7.10. The van der Waals surface area contributed by atoms with E-state index in [2.05, 4.69) is 0 Å². The van der Waals surface area contributed by atoms with Crippen molar-refractivity contribution in [3.63, 3.8) is 0 Å². The molecule has 0 bridgehead atoms. The SMILES string of the molecule is O=C1C2=C(Cc3ccccc31)C1C(C=C2)C(=O)c2ccccc2S1=O. The van der Waals surface area contributed by atoms with Gasteiger partial charge < -0.3 is 0 Å². The molecule has 3 atom stereocenters. The van der Waals surface area contributed by atoms with Crippen LogP contribution in [0, 0.1) is 5.92 Å². The lowest BCUT2D eigenvalue weighted by molar-refractivity contribution is 0.0934. The van der Waals surface area contributed by atoms with Crippen molar-refractivity contribution < 1.29 is 13.8 Å². The summed E-state index contributed by atoms with van der Waals surface area (Å²) in [6.45, 7) is 0. The van der Waals surface area contributed by atoms with Crippen molar-refractivity contribution in [1.29, 1.82) is 0 Å². The van der Waals surface area contributed by atoms with Gasteiger partial charge in [0.2, 0.25) is 0 Å². The van der Waals surface area contributed by atoms with Crippen LogP contribution >= 0.6 is 0 Å². The van der Waals surface area contributed by atoms with Gasteiger partial charge in [0.25, 0.3) is 0 Å². The predicted molar refractivity (Wildman–Crippen MR) is 95.1 cm³/mol. The van der Waals surface area contributed by atoms with E-state index in [-0.39, 0.29) is 11.6 Å². The molecule has 4 heteroatoms. The zero-order valence-corrected chi connectivity index (χ0v) is 14.1. The first-order valence-electron chi connectivity index (χ1n) is 8.24. The number of benzene rings is 2. The molecule has 5 rings (SSSR count). The Morgan fingerprint density at radius 3 is 2.48 bits per heavy atom. The molecule has 0 aromatic heterocycles. The maximum Gasteiger partial charge on any atom is 0.193 e. The summed E-state index contributed by atoms with van der Waals surface area (Å²) in [6.07, 6.45) is 4.10. The Balaban J connectivity index is 1.70. The van der Waals surface area contributed by atoms with E-state index in [1.54, 1.807) is 36.4 Å². The molecule has 0 radical (unpaired) electrons. The van der Waals surface area contributed by atoms with Crippen molar-refractivity contribution in [3.8, 4) is 0 Å². The van der Waals surface area contributed by atoms with E-state index in [4.69, 9.17) is 0 Å². The first-order valence-corrected chi connectivity index (χ1v) is 9.46. The molecule has 3 unspecified atom stereocenters. The maximum absolute atomic E-state index is 13.2. The summed E-state index contributed by atoms with van der Waals surface area (Å²) in [7, 11) is -1.34. The number of fused-ring (bicyclic) bond motifs is 4. The molecule has 1 heterocycles. The predicted octanol–water partition coefficient (Wildman–Crippen LogP) is 3.28. The average molecular weight is 346 g/mol. The fourth-order valence-electron chi connectivity index (χ4n) is 4.09. The monoisotopic (exact) mass is 346 g/mol. The smallest absolute Gasteiger partial charge is 0.193 e. The van der Waals surface area contributed by atoms with Crippen LogP contribution in [0.3, 0.4) is 0 Å². The molecule has 0 amide bonds. The van der Waals surface area contributed by atoms with E-state index in [1.807, 2.05) is 24.3 Å². The molecule has 3 nitrogen and oxygen atoms in total. The Bertz CT molecular complexity index is 1040. The Hall–Kier alpha value is -2.59. The molecule has 2 aromatic carbocycles. The normalized spacial score (nSPS) is 26.6. The van der Waals surface area contributed by atoms with Gasteiger partial charge in [-0.15, -0.1) is 0 Å². The minimum atomic E-state index is -1.34. The molecule has 0 spiro atoms. The van der Waals surface area contributed by atoms with E-state index in [0.717, 1.165) is 11.1 Å². The van der Waals surface area contributed by atoms with Crippen molar-refractivity contribution >= 4 is 22.4 Å². The summed E-state index contributed by atoms with van der Waals surface area (Å²) in [5, 5.41) is -0.445. The quantitative estimate of drug-likeness (QED) is 0.736. The van der Waals surface area contributed by atoms with E-state index >= 15 is 0 Å². The Morgan fingerprint density at radius 2 is 1.64 bits per heavy atom. The van der Waals surface area contributed by atoms with E-state index in [9.17, 15) is 13.8 Å². The second-order valence-corrected chi connectivity index (χ2v) is 8.11. The van der Waals surface area contributed by atoms with Crippen LogP contribution < -0.4 is 0 Å². The van der Waals surface area contributed by atoms with Gasteiger partial charge in [0, 0.05) is 16.7 Å². The molecule has 1 aliphatic heterocycles. The highest BCUT2D eigenvalue weighted by molar-refractivity contribution is 7.86. The second-order valence-electron chi connectivity index (χ2n) is 6.57. The van der Waals surface area contributed by atoms with Crippen molar-refractivity contribution in [2.75, 3.05) is 0 Å². The Labute approximate surface area is 147 Å². The Kier molecular flexibility index (Phi) is 3.06. The number of carbonyl (C=O) groups is 2. The highest BCUT2D eigenvalue weighted by Crippen LogP contribution is 2.42. The number of allylic oxidation sites excluding steroid dienone is 3. The number of hydrogen-bond acceptors (Lipinski definition) is 3. The average Bonchev–Trinajstić information content (AvgIpc) is 2.65. The van der Waals surface area contributed by atoms with Gasteiger partial charge >= 0.3 is 0 Å². The molecule has 0 saturated heterocycles.